The van der Waals surface area contributed by atoms with E-state index in [0.717, 1.165) is 90.8 Å². The SMILES string of the molecule is CCCCCCNCCCCC(N)(C(=O)NCCCNCCCCNCCCN)C(C)CC. The van der Waals surface area contributed by atoms with Crippen molar-refractivity contribution in [2.75, 3.05) is 52.4 Å². The Morgan fingerprint density at radius 2 is 1.24 bits per heavy atom. The van der Waals surface area contributed by atoms with Gasteiger partial charge < -0.3 is 32.7 Å². The van der Waals surface area contributed by atoms with Crippen LogP contribution in [0.5, 0.6) is 0 Å². The molecule has 0 aliphatic heterocycles. The average Bonchev–Trinajstić information content (AvgIpc) is 2.82. The smallest absolute Gasteiger partial charge is 0.240 e. The van der Waals surface area contributed by atoms with Crippen LogP contribution in [0.4, 0.5) is 0 Å². The van der Waals surface area contributed by atoms with Crippen molar-refractivity contribution < 1.29 is 4.79 Å². The standard InChI is InChI=1S/C26H58N6O/c1-4-6-7-9-17-29-18-10-8-15-26(28,24(3)5-2)25(33)32-23-14-22-31-20-12-11-19-30-21-13-16-27/h24,29-31H,4-23,27-28H2,1-3H3,(H,32,33). The van der Waals surface area contributed by atoms with Crippen molar-refractivity contribution in [2.45, 2.75) is 103 Å². The summed E-state index contributed by atoms with van der Waals surface area (Å²) in [5, 5.41) is 13.5. The van der Waals surface area contributed by atoms with Gasteiger partial charge >= 0.3 is 0 Å². The van der Waals surface area contributed by atoms with Crippen LogP contribution in [0.15, 0.2) is 0 Å². The molecule has 0 saturated heterocycles. The van der Waals surface area contributed by atoms with Crippen molar-refractivity contribution in [3.05, 3.63) is 0 Å². The Morgan fingerprint density at radius 3 is 1.79 bits per heavy atom. The molecule has 0 saturated carbocycles. The first kappa shape index (κ1) is 32.3. The monoisotopic (exact) mass is 470 g/mol. The molecule has 1 amide bonds. The maximum Gasteiger partial charge on any atom is 0.240 e. The molecule has 0 rings (SSSR count). The molecule has 0 radical (unpaired) electrons. The fourth-order valence-electron chi connectivity index (χ4n) is 3.97. The Balaban J connectivity index is 3.92. The van der Waals surface area contributed by atoms with Gasteiger partial charge in [-0.15, -0.1) is 0 Å². The third kappa shape index (κ3) is 17.4. The van der Waals surface area contributed by atoms with E-state index in [1.807, 2.05) is 0 Å². The van der Waals surface area contributed by atoms with E-state index >= 15 is 0 Å². The Bertz CT molecular complexity index is 437. The highest BCUT2D eigenvalue weighted by Crippen LogP contribution is 2.24. The Hall–Kier alpha value is -0.730. The Labute approximate surface area is 205 Å². The number of nitrogens with two attached hydrogens (primary N) is 2. The van der Waals surface area contributed by atoms with Gasteiger partial charge in [-0.3, -0.25) is 4.79 Å². The van der Waals surface area contributed by atoms with Gasteiger partial charge in [-0.05, 0) is 103 Å². The summed E-state index contributed by atoms with van der Waals surface area (Å²) in [6.07, 6.45) is 13.2. The summed E-state index contributed by atoms with van der Waals surface area (Å²) in [4.78, 5) is 12.9. The summed E-state index contributed by atoms with van der Waals surface area (Å²) in [6, 6.07) is 0. The lowest BCUT2D eigenvalue weighted by Crippen LogP contribution is -2.58. The number of rotatable bonds is 25. The second-order valence-corrected chi connectivity index (χ2v) is 9.58. The van der Waals surface area contributed by atoms with E-state index in [9.17, 15) is 4.79 Å². The molecular formula is C26H58N6O. The van der Waals surface area contributed by atoms with Crippen LogP contribution in [0.2, 0.25) is 0 Å². The summed E-state index contributed by atoms with van der Waals surface area (Å²) in [5.74, 6) is 0.198. The molecule has 0 aromatic heterocycles. The van der Waals surface area contributed by atoms with Crippen LogP contribution >= 0.6 is 0 Å². The molecule has 7 nitrogen and oxygen atoms in total. The molecule has 0 aromatic carbocycles. The Morgan fingerprint density at radius 1 is 0.727 bits per heavy atom. The lowest BCUT2D eigenvalue weighted by Gasteiger charge is -2.34. The summed E-state index contributed by atoms with van der Waals surface area (Å²) in [7, 11) is 0. The molecule has 7 heteroatoms. The highest BCUT2D eigenvalue weighted by Gasteiger charge is 2.37. The normalized spacial score (nSPS) is 14.2. The van der Waals surface area contributed by atoms with Crippen LogP contribution in [-0.2, 0) is 4.79 Å². The van der Waals surface area contributed by atoms with E-state index in [1.165, 1.54) is 32.1 Å². The molecule has 0 spiro atoms. The summed E-state index contributed by atoms with van der Waals surface area (Å²) in [5.41, 5.74) is 11.4. The predicted octanol–water partition coefficient (Wildman–Crippen LogP) is 2.88. The van der Waals surface area contributed by atoms with Gasteiger partial charge in [-0.25, -0.2) is 0 Å². The first-order valence-corrected chi connectivity index (χ1v) is 13.9. The lowest BCUT2D eigenvalue weighted by atomic mass is 9.79. The topological polar surface area (TPSA) is 117 Å². The van der Waals surface area contributed by atoms with Gasteiger partial charge in [0.05, 0.1) is 5.54 Å². The number of amides is 1. The van der Waals surface area contributed by atoms with Gasteiger partial charge in [-0.1, -0.05) is 46.5 Å². The lowest BCUT2D eigenvalue weighted by molar-refractivity contribution is -0.128. The molecule has 0 bridgehead atoms. The highest BCUT2D eigenvalue weighted by atomic mass is 16.2. The van der Waals surface area contributed by atoms with Crippen LogP contribution in [0, 0.1) is 5.92 Å². The fourth-order valence-corrected chi connectivity index (χ4v) is 3.97. The Kier molecular flexibility index (Phi) is 22.5. The second kappa shape index (κ2) is 23.0. The molecule has 0 fully saturated rings. The van der Waals surface area contributed by atoms with Crippen LogP contribution < -0.4 is 32.7 Å². The minimum absolute atomic E-state index is 0.0212. The van der Waals surface area contributed by atoms with E-state index < -0.39 is 5.54 Å². The van der Waals surface area contributed by atoms with Gasteiger partial charge in [0.25, 0.3) is 0 Å². The highest BCUT2D eigenvalue weighted by molar-refractivity contribution is 5.86. The minimum atomic E-state index is -0.764. The molecule has 0 heterocycles. The molecule has 0 aliphatic carbocycles. The molecule has 198 valence electrons. The van der Waals surface area contributed by atoms with Gasteiger partial charge in [0.15, 0.2) is 0 Å². The van der Waals surface area contributed by atoms with Crippen LogP contribution in [0.1, 0.15) is 97.8 Å². The van der Waals surface area contributed by atoms with E-state index in [-0.39, 0.29) is 11.8 Å². The maximum absolute atomic E-state index is 12.9. The molecule has 0 aliphatic rings. The summed E-state index contributed by atoms with van der Waals surface area (Å²) >= 11 is 0. The van der Waals surface area contributed by atoms with Crippen LogP contribution in [0.25, 0.3) is 0 Å². The summed E-state index contributed by atoms with van der Waals surface area (Å²) in [6.45, 7) is 14.0. The van der Waals surface area contributed by atoms with Gasteiger partial charge in [0, 0.05) is 6.54 Å². The molecule has 2 unspecified atom stereocenters. The minimum Gasteiger partial charge on any atom is -0.354 e. The van der Waals surface area contributed by atoms with Crippen molar-refractivity contribution in [3.8, 4) is 0 Å². The number of hydrogen-bond acceptors (Lipinski definition) is 6. The van der Waals surface area contributed by atoms with Crippen LogP contribution in [0.3, 0.4) is 0 Å². The van der Waals surface area contributed by atoms with Gasteiger partial charge in [-0.2, -0.15) is 0 Å². The largest absolute Gasteiger partial charge is 0.354 e. The van der Waals surface area contributed by atoms with Crippen molar-refractivity contribution in [2.24, 2.45) is 17.4 Å². The number of carbonyl (C=O) groups excluding carboxylic acids is 1. The molecule has 33 heavy (non-hydrogen) atoms. The second-order valence-electron chi connectivity index (χ2n) is 9.58. The zero-order valence-corrected chi connectivity index (χ0v) is 22.3. The predicted molar refractivity (Wildman–Crippen MR) is 144 cm³/mol. The fraction of sp³-hybridized carbons (Fsp3) is 0.962. The van der Waals surface area contributed by atoms with E-state index in [2.05, 4.69) is 42.0 Å². The quantitative estimate of drug-likeness (QED) is 0.114. The molecular weight excluding hydrogens is 412 g/mol. The van der Waals surface area contributed by atoms with Crippen molar-refractivity contribution >= 4 is 5.91 Å². The van der Waals surface area contributed by atoms with E-state index in [1.54, 1.807) is 0 Å². The average molecular weight is 471 g/mol. The van der Waals surface area contributed by atoms with Crippen molar-refractivity contribution in [1.82, 2.24) is 21.3 Å². The number of nitrogens with one attached hydrogen (secondary N) is 4. The zero-order valence-electron chi connectivity index (χ0n) is 22.3. The summed E-state index contributed by atoms with van der Waals surface area (Å²) < 4.78 is 0. The van der Waals surface area contributed by atoms with Gasteiger partial charge in [0.2, 0.25) is 5.91 Å². The van der Waals surface area contributed by atoms with Gasteiger partial charge in [0.1, 0.15) is 0 Å². The first-order valence-electron chi connectivity index (χ1n) is 13.9. The molecule has 2 atom stereocenters. The number of carbonyl (C=O) groups is 1. The van der Waals surface area contributed by atoms with Crippen molar-refractivity contribution in [1.29, 1.82) is 0 Å². The number of unbranched alkanes of at least 4 members (excludes halogenated alkanes) is 5. The molecule has 8 N–H and O–H groups in total. The van der Waals surface area contributed by atoms with Crippen LogP contribution in [-0.4, -0.2) is 63.8 Å². The van der Waals surface area contributed by atoms with E-state index in [0.29, 0.717) is 6.54 Å². The third-order valence-corrected chi connectivity index (χ3v) is 6.65. The maximum atomic E-state index is 12.9. The van der Waals surface area contributed by atoms with E-state index in [4.69, 9.17) is 11.5 Å². The zero-order chi connectivity index (χ0) is 24.6. The number of hydrogen-bond donors (Lipinski definition) is 6. The molecule has 0 aromatic rings. The third-order valence-electron chi connectivity index (χ3n) is 6.65. The first-order chi connectivity index (χ1) is 16.0. The van der Waals surface area contributed by atoms with Crippen molar-refractivity contribution in [3.63, 3.8) is 0 Å².